The van der Waals surface area contributed by atoms with E-state index in [1.165, 1.54) is 0 Å². The van der Waals surface area contributed by atoms with Crippen LogP contribution in [0.3, 0.4) is 0 Å². The summed E-state index contributed by atoms with van der Waals surface area (Å²) in [7, 11) is 3.17. The fraction of sp³-hybridized carbons (Fsp3) is 0.211. The maximum atomic E-state index is 5.31. The maximum Gasteiger partial charge on any atom is 0.246 e. The van der Waals surface area contributed by atoms with Crippen molar-refractivity contribution in [3.63, 3.8) is 0 Å². The zero-order valence-corrected chi connectivity index (χ0v) is 16.1. The van der Waals surface area contributed by atoms with Gasteiger partial charge in [0.15, 0.2) is 16.6 Å². The van der Waals surface area contributed by atoms with Gasteiger partial charge in [-0.1, -0.05) is 28.9 Å². The van der Waals surface area contributed by atoms with Crippen molar-refractivity contribution in [3.05, 3.63) is 53.9 Å². The van der Waals surface area contributed by atoms with Crippen molar-refractivity contribution >= 4 is 23.0 Å². The first-order chi connectivity index (χ1) is 13.1. The summed E-state index contributed by atoms with van der Waals surface area (Å²) >= 11 is 5.31. The van der Waals surface area contributed by atoms with E-state index >= 15 is 0 Å². The molecule has 0 saturated carbocycles. The molecule has 2 aromatic carbocycles. The van der Waals surface area contributed by atoms with Gasteiger partial charge < -0.3 is 24.6 Å². The second-order valence-corrected chi connectivity index (χ2v) is 6.17. The summed E-state index contributed by atoms with van der Waals surface area (Å²) in [5.41, 5.74) is 2.82. The highest BCUT2D eigenvalue weighted by Gasteiger charge is 2.10. The highest BCUT2D eigenvalue weighted by Crippen LogP contribution is 2.29. The van der Waals surface area contributed by atoms with E-state index in [1.807, 2.05) is 37.3 Å². The Morgan fingerprint density at radius 2 is 1.93 bits per heavy atom. The van der Waals surface area contributed by atoms with Crippen LogP contribution in [0.2, 0.25) is 0 Å². The predicted molar refractivity (Wildman–Crippen MR) is 107 cm³/mol. The molecule has 0 saturated heterocycles. The molecular weight excluding hydrogens is 364 g/mol. The van der Waals surface area contributed by atoms with Gasteiger partial charge in [-0.2, -0.15) is 4.98 Å². The molecule has 0 aliphatic carbocycles. The first-order valence-electron chi connectivity index (χ1n) is 8.25. The van der Waals surface area contributed by atoms with Crippen LogP contribution in [0.15, 0.2) is 47.0 Å². The minimum absolute atomic E-state index is 0.317. The standard InChI is InChI=1S/C19H20N4O3S/c1-12-5-4-6-13(9-12)18-22-17(26-23-18)11-20-19(27)21-14-7-8-15(24-2)16(10-14)25-3/h4-10H,11H2,1-3H3,(H2,20,21,27). The Hall–Kier alpha value is -3.13. The quantitative estimate of drug-likeness (QED) is 0.625. The molecule has 0 atom stereocenters. The molecule has 0 bridgehead atoms. The van der Waals surface area contributed by atoms with Crippen molar-refractivity contribution in [3.8, 4) is 22.9 Å². The number of aryl methyl sites for hydroxylation is 1. The first-order valence-corrected chi connectivity index (χ1v) is 8.66. The lowest BCUT2D eigenvalue weighted by molar-refractivity contribution is 0.355. The van der Waals surface area contributed by atoms with Gasteiger partial charge in [0.2, 0.25) is 11.7 Å². The van der Waals surface area contributed by atoms with Crippen LogP contribution in [0.1, 0.15) is 11.5 Å². The molecule has 0 radical (unpaired) electrons. The van der Waals surface area contributed by atoms with Crippen LogP contribution in [0.5, 0.6) is 11.5 Å². The lowest BCUT2D eigenvalue weighted by Gasteiger charge is -2.12. The molecule has 0 unspecified atom stereocenters. The van der Waals surface area contributed by atoms with Gasteiger partial charge in [-0.15, -0.1) is 0 Å². The lowest BCUT2D eigenvalue weighted by Crippen LogP contribution is -2.28. The molecule has 140 valence electrons. The molecule has 27 heavy (non-hydrogen) atoms. The Morgan fingerprint density at radius 1 is 1.11 bits per heavy atom. The van der Waals surface area contributed by atoms with Crippen molar-refractivity contribution in [2.75, 3.05) is 19.5 Å². The first kappa shape index (κ1) is 18.7. The summed E-state index contributed by atoms with van der Waals surface area (Å²) < 4.78 is 15.8. The minimum atomic E-state index is 0.317. The van der Waals surface area contributed by atoms with E-state index in [1.54, 1.807) is 26.4 Å². The molecule has 2 N–H and O–H groups in total. The van der Waals surface area contributed by atoms with Crippen molar-refractivity contribution < 1.29 is 14.0 Å². The predicted octanol–water partition coefficient (Wildman–Crippen LogP) is 3.55. The second kappa shape index (κ2) is 8.50. The maximum absolute atomic E-state index is 5.31. The molecule has 0 aliphatic rings. The molecule has 3 aromatic rings. The van der Waals surface area contributed by atoms with Crippen LogP contribution in [-0.4, -0.2) is 29.5 Å². The van der Waals surface area contributed by atoms with Crippen LogP contribution in [-0.2, 0) is 6.54 Å². The third-order valence-electron chi connectivity index (χ3n) is 3.79. The van der Waals surface area contributed by atoms with Gasteiger partial charge in [0.05, 0.1) is 20.8 Å². The smallest absolute Gasteiger partial charge is 0.246 e. The van der Waals surface area contributed by atoms with E-state index in [2.05, 4.69) is 20.8 Å². The zero-order chi connectivity index (χ0) is 19.2. The molecule has 8 heteroatoms. The van der Waals surface area contributed by atoms with Gasteiger partial charge in [-0.3, -0.25) is 0 Å². The minimum Gasteiger partial charge on any atom is -0.493 e. The van der Waals surface area contributed by atoms with Gasteiger partial charge in [-0.05, 0) is 37.3 Å². The zero-order valence-electron chi connectivity index (χ0n) is 15.3. The van der Waals surface area contributed by atoms with Crippen LogP contribution < -0.4 is 20.1 Å². The molecule has 0 aliphatic heterocycles. The van der Waals surface area contributed by atoms with Gasteiger partial charge >= 0.3 is 0 Å². The van der Waals surface area contributed by atoms with Gasteiger partial charge in [0.1, 0.15) is 0 Å². The summed E-state index contributed by atoms with van der Waals surface area (Å²) in [5, 5.41) is 10.6. The second-order valence-electron chi connectivity index (χ2n) is 5.76. The summed E-state index contributed by atoms with van der Waals surface area (Å²) in [5.74, 6) is 2.26. The number of nitrogens with zero attached hydrogens (tertiary/aromatic N) is 2. The average Bonchev–Trinajstić information content (AvgIpc) is 3.15. The Labute approximate surface area is 162 Å². The highest BCUT2D eigenvalue weighted by molar-refractivity contribution is 7.80. The fourth-order valence-electron chi connectivity index (χ4n) is 2.47. The van der Waals surface area contributed by atoms with Gasteiger partial charge in [0, 0.05) is 17.3 Å². The molecule has 0 fully saturated rings. The van der Waals surface area contributed by atoms with Crippen molar-refractivity contribution in [2.45, 2.75) is 13.5 Å². The normalized spacial score (nSPS) is 10.3. The third kappa shape index (κ3) is 4.73. The summed E-state index contributed by atoms with van der Waals surface area (Å²) in [6, 6.07) is 13.4. The molecule has 7 nitrogen and oxygen atoms in total. The van der Waals surface area contributed by atoms with E-state index in [-0.39, 0.29) is 0 Å². The van der Waals surface area contributed by atoms with E-state index < -0.39 is 0 Å². The number of hydrogen-bond acceptors (Lipinski definition) is 6. The number of benzene rings is 2. The number of nitrogens with one attached hydrogen (secondary N) is 2. The Kier molecular flexibility index (Phi) is 5.87. The van der Waals surface area contributed by atoms with E-state index in [4.69, 9.17) is 26.2 Å². The van der Waals surface area contributed by atoms with Crippen molar-refractivity contribution in [1.29, 1.82) is 0 Å². The Bertz CT molecular complexity index is 942. The third-order valence-corrected chi connectivity index (χ3v) is 4.03. The average molecular weight is 384 g/mol. The number of anilines is 1. The fourth-order valence-corrected chi connectivity index (χ4v) is 2.66. The summed E-state index contributed by atoms with van der Waals surface area (Å²) in [6.45, 7) is 2.34. The number of hydrogen-bond donors (Lipinski definition) is 2. The van der Waals surface area contributed by atoms with Gasteiger partial charge in [0.25, 0.3) is 0 Å². The van der Waals surface area contributed by atoms with Crippen LogP contribution in [0.25, 0.3) is 11.4 Å². The van der Waals surface area contributed by atoms with E-state index in [9.17, 15) is 0 Å². The molecule has 1 aromatic heterocycles. The molecule has 0 amide bonds. The van der Waals surface area contributed by atoms with Gasteiger partial charge in [-0.25, -0.2) is 0 Å². The Morgan fingerprint density at radius 3 is 2.67 bits per heavy atom. The summed E-state index contributed by atoms with van der Waals surface area (Å²) in [6.07, 6.45) is 0. The topological polar surface area (TPSA) is 81.4 Å². The Balaban J connectivity index is 1.58. The molecule has 1 heterocycles. The number of rotatable bonds is 6. The largest absolute Gasteiger partial charge is 0.493 e. The SMILES string of the molecule is COc1ccc(NC(=S)NCc2nc(-c3cccc(C)c3)no2)cc1OC. The van der Waals surface area contributed by atoms with Crippen molar-refractivity contribution in [2.24, 2.45) is 0 Å². The van der Waals surface area contributed by atoms with E-state index in [0.29, 0.717) is 34.9 Å². The molecule has 3 rings (SSSR count). The lowest BCUT2D eigenvalue weighted by atomic mass is 10.1. The highest BCUT2D eigenvalue weighted by atomic mass is 32.1. The molecule has 0 spiro atoms. The van der Waals surface area contributed by atoms with Crippen LogP contribution in [0, 0.1) is 6.92 Å². The van der Waals surface area contributed by atoms with E-state index in [0.717, 1.165) is 16.8 Å². The van der Waals surface area contributed by atoms with Crippen LogP contribution in [0.4, 0.5) is 5.69 Å². The number of methoxy groups -OCH3 is 2. The number of aromatic nitrogens is 2. The summed E-state index contributed by atoms with van der Waals surface area (Å²) in [4.78, 5) is 4.39. The van der Waals surface area contributed by atoms with Crippen LogP contribution >= 0.6 is 12.2 Å². The van der Waals surface area contributed by atoms with Crippen molar-refractivity contribution in [1.82, 2.24) is 15.5 Å². The molecular formula is C19H20N4O3S. The number of thiocarbonyl (C=S) groups is 1. The monoisotopic (exact) mass is 384 g/mol. The number of ether oxygens (including phenoxy) is 2.